The summed E-state index contributed by atoms with van der Waals surface area (Å²) in [6, 6.07) is 20.2. The Kier molecular flexibility index (Phi) is 11.0. The Labute approximate surface area is 240 Å². The zero-order valence-corrected chi connectivity index (χ0v) is 24.0. The van der Waals surface area contributed by atoms with Crippen molar-refractivity contribution in [2.45, 2.75) is 33.1 Å². The Morgan fingerprint density at radius 1 is 0.756 bits per heavy atom. The van der Waals surface area contributed by atoms with E-state index in [-0.39, 0.29) is 24.3 Å². The zero-order chi connectivity index (χ0) is 29.8. The molecule has 0 aliphatic carbocycles. The Hall–Kier alpha value is -4.73. The van der Waals surface area contributed by atoms with Crippen LogP contribution in [0, 0.1) is 5.41 Å². The fourth-order valence-corrected chi connectivity index (χ4v) is 4.16. The van der Waals surface area contributed by atoms with E-state index in [2.05, 4.69) is 28.3 Å². The van der Waals surface area contributed by atoms with E-state index in [0.717, 1.165) is 6.42 Å². The topological polar surface area (TPSA) is 124 Å². The largest absolute Gasteiger partial charge is 0.493 e. The van der Waals surface area contributed by atoms with Crippen LogP contribution in [-0.4, -0.2) is 45.7 Å². The second-order valence-corrected chi connectivity index (χ2v) is 10.1. The van der Waals surface area contributed by atoms with Gasteiger partial charge in [-0.3, -0.25) is 25.2 Å². The summed E-state index contributed by atoms with van der Waals surface area (Å²) in [5.74, 6) is 0.424. The number of methoxy groups -OCH3 is 3. The highest BCUT2D eigenvalue weighted by molar-refractivity contribution is 5.97. The number of hydrogen-bond acceptors (Lipinski definition) is 7. The predicted octanol–water partition coefficient (Wildman–Crippen LogP) is 4.54. The van der Waals surface area contributed by atoms with Gasteiger partial charge in [0.25, 0.3) is 5.91 Å². The molecule has 10 heteroatoms. The molecule has 0 aromatic heterocycles. The number of ether oxygens (including phenoxy) is 4. The van der Waals surface area contributed by atoms with Crippen molar-refractivity contribution >= 4 is 23.4 Å². The number of rotatable bonds is 13. The predicted molar refractivity (Wildman–Crippen MR) is 155 cm³/mol. The van der Waals surface area contributed by atoms with Gasteiger partial charge in [0.1, 0.15) is 5.75 Å². The molecular formula is C31H37N3O7. The fourth-order valence-electron chi connectivity index (χ4n) is 4.16. The highest BCUT2D eigenvalue weighted by Gasteiger charge is 2.26. The summed E-state index contributed by atoms with van der Waals surface area (Å²) in [4.78, 5) is 37.9. The maximum Gasteiger partial charge on any atom is 0.269 e. The van der Waals surface area contributed by atoms with E-state index < -0.39 is 17.2 Å². The first-order chi connectivity index (χ1) is 19.6. The van der Waals surface area contributed by atoms with Crippen molar-refractivity contribution in [1.82, 2.24) is 10.9 Å². The summed E-state index contributed by atoms with van der Waals surface area (Å²) in [6.45, 7) is 4.16. The molecule has 3 N–H and O–H groups in total. The average molecular weight is 564 g/mol. The fraction of sp³-hybridized carbons (Fsp3) is 0.323. The molecule has 0 aliphatic heterocycles. The highest BCUT2D eigenvalue weighted by Crippen LogP contribution is 2.38. The highest BCUT2D eigenvalue weighted by atomic mass is 16.5. The van der Waals surface area contributed by atoms with Crippen molar-refractivity contribution in [2.24, 2.45) is 5.41 Å². The molecule has 3 aromatic rings. The summed E-state index contributed by atoms with van der Waals surface area (Å²) in [6.07, 6.45) is 0.900. The number of hydrazine groups is 1. The van der Waals surface area contributed by atoms with Crippen molar-refractivity contribution in [3.8, 4) is 23.0 Å². The van der Waals surface area contributed by atoms with Crippen LogP contribution < -0.4 is 35.1 Å². The van der Waals surface area contributed by atoms with Gasteiger partial charge in [0.05, 0.1) is 27.9 Å². The van der Waals surface area contributed by atoms with Gasteiger partial charge < -0.3 is 24.3 Å². The summed E-state index contributed by atoms with van der Waals surface area (Å²) in [5.41, 5.74) is 6.14. The molecular weight excluding hydrogens is 526 g/mol. The lowest BCUT2D eigenvalue weighted by molar-refractivity contribution is -0.124. The maximum atomic E-state index is 12.7. The molecule has 0 heterocycles. The SMILES string of the molecule is COc1cc(C(=O)NNC(=O)CC(C)(C)CC(=O)Nc2ccc(OCCc3ccccc3)cc2)cc(OC)c1OC. The number of nitrogens with one attached hydrogen (secondary N) is 3. The molecule has 41 heavy (non-hydrogen) atoms. The minimum Gasteiger partial charge on any atom is -0.493 e. The van der Waals surface area contributed by atoms with Gasteiger partial charge in [-0.25, -0.2) is 0 Å². The third-order valence-electron chi connectivity index (χ3n) is 6.16. The number of carbonyl (C=O) groups is 3. The van der Waals surface area contributed by atoms with Gasteiger partial charge >= 0.3 is 0 Å². The van der Waals surface area contributed by atoms with Gasteiger partial charge in [-0.15, -0.1) is 0 Å². The van der Waals surface area contributed by atoms with E-state index in [1.807, 2.05) is 18.2 Å². The second-order valence-electron chi connectivity index (χ2n) is 10.1. The van der Waals surface area contributed by atoms with Gasteiger partial charge in [0.2, 0.25) is 17.6 Å². The molecule has 0 unspecified atom stereocenters. The van der Waals surface area contributed by atoms with E-state index >= 15 is 0 Å². The third kappa shape index (κ3) is 9.45. The lowest BCUT2D eigenvalue weighted by Gasteiger charge is -2.23. The minimum atomic E-state index is -0.675. The van der Waals surface area contributed by atoms with Crippen molar-refractivity contribution in [3.05, 3.63) is 77.9 Å². The lowest BCUT2D eigenvalue weighted by Crippen LogP contribution is -2.43. The van der Waals surface area contributed by atoms with Gasteiger partial charge in [0, 0.05) is 30.5 Å². The van der Waals surface area contributed by atoms with Crippen molar-refractivity contribution < 1.29 is 33.3 Å². The first-order valence-electron chi connectivity index (χ1n) is 13.1. The molecule has 0 spiro atoms. The summed E-state index contributed by atoms with van der Waals surface area (Å²) < 4.78 is 21.6. The Morgan fingerprint density at radius 3 is 1.95 bits per heavy atom. The van der Waals surface area contributed by atoms with Gasteiger partial charge in [-0.2, -0.15) is 0 Å². The standard InChI is InChI=1S/C31H37N3O7/c1-31(2,20-28(36)33-34-30(37)22-17-25(38-3)29(40-5)26(18-22)39-4)19-27(35)32-23-11-13-24(14-12-23)41-16-15-21-9-7-6-8-10-21/h6-14,17-18H,15-16,19-20H2,1-5H3,(H,32,35)(H,33,36)(H,34,37). The van der Waals surface area contributed by atoms with Crippen molar-refractivity contribution in [2.75, 3.05) is 33.3 Å². The Morgan fingerprint density at radius 2 is 1.37 bits per heavy atom. The second kappa shape index (κ2) is 14.6. The van der Waals surface area contributed by atoms with Crippen molar-refractivity contribution in [1.29, 1.82) is 0 Å². The number of hydrogen-bond donors (Lipinski definition) is 3. The Balaban J connectivity index is 1.45. The van der Waals surface area contributed by atoms with Gasteiger partial charge in [-0.1, -0.05) is 44.2 Å². The first-order valence-corrected chi connectivity index (χ1v) is 13.1. The molecule has 0 aliphatic rings. The van der Waals surface area contributed by atoms with E-state index in [0.29, 0.717) is 35.3 Å². The molecule has 0 saturated carbocycles. The molecule has 0 atom stereocenters. The molecule has 3 rings (SSSR count). The molecule has 0 saturated heterocycles. The number of amides is 3. The van der Waals surface area contributed by atoms with Crippen molar-refractivity contribution in [3.63, 3.8) is 0 Å². The minimum absolute atomic E-state index is 0.00411. The number of carbonyl (C=O) groups excluding carboxylic acids is 3. The van der Waals surface area contributed by atoms with E-state index in [9.17, 15) is 14.4 Å². The zero-order valence-electron chi connectivity index (χ0n) is 24.0. The van der Waals surface area contributed by atoms with Crippen LogP contribution in [0.3, 0.4) is 0 Å². The first kappa shape index (κ1) is 30.8. The molecule has 3 amide bonds. The number of anilines is 1. The van der Waals surface area contributed by atoms with Crippen LogP contribution >= 0.6 is 0 Å². The van der Waals surface area contributed by atoms with Crippen LogP contribution in [0.1, 0.15) is 42.6 Å². The molecule has 0 fully saturated rings. The molecule has 3 aromatic carbocycles. The molecule has 0 bridgehead atoms. The normalized spacial score (nSPS) is 10.8. The summed E-state index contributed by atoms with van der Waals surface area (Å²) in [5, 5.41) is 2.85. The maximum absolute atomic E-state index is 12.7. The van der Waals surface area contributed by atoms with Crippen LogP contribution in [0.25, 0.3) is 0 Å². The van der Waals surface area contributed by atoms with Crippen LogP contribution in [0.4, 0.5) is 5.69 Å². The summed E-state index contributed by atoms with van der Waals surface area (Å²) in [7, 11) is 4.34. The average Bonchev–Trinajstić information content (AvgIpc) is 2.95. The van der Waals surface area contributed by atoms with E-state index in [4.69, 9.17) is 18.9 Å². The monoisotopic (exact) mass is 563 g/mol. The van der Waals surface area contributed by atoms with Gasteiger partial charge in [-0.05, 0) is 47.4 Å². The molecule has 218 valence electrons. The van der Waals surface area contributed by atoms with Crippen LogP contribution in [0.5, 0.6) is 23.0 Å². The summed E-state index contributed by atoms with van der Waals surface area (Å²) >= 11 is 0. The molecule has 10 nitrogen and oxygen atoms in total. The Bertz CT molecular complexity index is 1300. The molecule has 0 radical (unpaired) electrons. The van der Waals surface area contributed by atoms with E-state index in [1.54, 1.807) is 38.1 Å². The smallest absolute Gasteiger partial charge is 0.269 e. The van der Waals surface area contributed by atoms with Crippen LogP contribution in [-0.2, 0) is 16.0 Å². The van der Waals surface area contributed by atoms with Crippen LogP contribution in [0.2, 0.25) is 0 Å². The number of benzene rings is 3. The van der Waals surface area contributed by atoms with Gasteiger partial charge in [0.15, 0.2) is 11.5 Å². The third-order valence-corrected chi connectivity index (χ3v) is 6.16. The van der Waals surface area contributed by atoms with Crippen LogP contribution in [0.15, 0.2) is 66.7 Å². The quantitative estimate of drug-likeness (QED) is 0.261. The van der Waals surface area contributed by atoms with E-state index in [1.165, 1.54) is 39.0 Å². The lowest BCUT2D eigenvalue weighted by atomic mass is 9.85.